The van der Waals surface area contributed by atoms with E-state index in [-0.39, 0.29) is 0 Å². The minimum absolute atomic E-state index is 0.746. The first-order valence-electron chi connectivity index (χ1n) is 7.41. The molecule has 19 heavy (non-hydrogen) atoms. The highest BCUT2D eigenvalue weighted by atomic mass is 15.4. The summed E-state index contributed by atoms with van der Waals surface area (Å²) >= 11 is 0. The second-order valence-electron chi connectivity index (χ2n) is 5.00. The van der Waals surface area contributed by atoms with Crippen molar-refractivity contribution in [3.63, 3.8) is 0 Å². The summed E-state index contributed by atoms with van der Waals surface area (Å²) in [6, 6.07) is 8.06. The number of hydrogen-bond acceptors (Lipinski definition) is 3. The minimum atomic E-state index is 0.746. The predicted molar refractivity (Wildman–Crippen MR) is 78.9 cm³/mol. The summed E-state index contributed by atoms with van der Waals surface area (Å²) in [5.41, 5.74) is 2.06. The summed E-state index contributed by atoms with van der Waals surface area (Å²) in [6.45, 7) is 4.06. The van der Waals surface area contributed by atoms with Gasteiger partial charge in [-0.3, -0.25) is 5.32 Å². The Hall–Kier alpha value is -1.42. The summed E-state index contributed by atoms with van der Waals surface area (Å²) in [6.07, 6.45) is 8.00. The van der Waals surface area contributed by atoms with Crippen LogP contribution in [0.5, 0.6) is 0 Å². The van der Waals surface area contributed by atoms with E-state index in [4.69, 9.17) is 0 Å². The summed E-state index contributed by atoms with van der Waals surface area (Å²) in [7, 11) is 0. The molecule has 0 unspecified atom stereocenters. The van der Waals surface area contributed by atoms with Gasteiger partial charge in [-0.05, 0) is 25.1 Å². The second kappa shape index (κ2) is 7.89. The van der Waals surface area contributed by atoms with Crippen molar-refractivity contribution < 1.29 is 0 Å². The molecule has 0 saturated carbocycles. The molecule has 0 spiro atoms. The Morgan fingerprint density at radius 2 is 1.84 bits per heavy atom. The lowest BCUT2D eigenvalue weighted by Crippen LogP contribution is -2.20. The highest BCUT2D eigenvalue weighted by molar-refractivity contribution is 5.73. The van der Waals surface area contributed by atoms with Crippen LogP contribution in [-0.4, -0.2) is 21.5 Å². The fraction of sp³-hybridized carbons (Fsp3) is 0.600. The van der Waals surface area contributed by atoms with Gasteiger partial charge in [0.05, 0.1) is 12.2 Å². The molecular formula is C15H24N4. The van der Waals surface area contributed by atoms with Gasteiger partial charge in [0.15, 0.2) is 0 Å². The largest absolute Gasteiger partial charge is 0.298 e. The number of para-hydroxylation sites is 1. The Morgan fingerprint density at radius 3 is 2.74 bits per heavy atom. The first-order valence-corrected chi connectivity index (χ1v) is 7.41. The van der Waals surface area contributed by atoms with Gasteiger partial charge in [0.2, 0.25) is 0 Å². The molecule has 0 atom stereocenters. The molecule has 0 aliphatic rings. The van der Waals surface area contributed by atoms with E-state index in [0.717, 1.165) is 24.2 Å². The lowest BCUT2D eigenvalue weighted by molar-refractivity contribution is 0.490. The predicted octanol–water partition coefficient (Wildman–Crippen LogP) is 3.34. The molecule has 104 valence electrons. The van der Waals surface area contributed by atoms with E-state index in [9.17, 15) is 0 Å². The fourth-order valence-corrected chi connectivity index (χ4v) is 2.25. The van der Waals surface area contributed by atoms with Gasteiger partial charge < -0.3 is 0 Å². The second-order valence-corrected chi connectivity index (χ2v) is 5.00. The van der Waals surface area contributed by atoms with Gasteiger partial charge in [-0.2, -0.15) is 0 Å². The van der Waals surface area contributed by atoms with Crippen LogP contribution < -0.4 is 5.32 Å². The maximum atomic E-state index is 4.16. The monoisotopic (exact) mass is 260 g/mol. The molecule has 0 fully saturated rings. The topological polar surface area (TPSA) is 42.7 Å². The summed E-state index contributed by atoms with van der Waals surface area (Å²) in [4.78, 5) is 0. The van der Waals surface area contributed by atoms with Gasteiger partial charge >= 0.3 is 0 Å². The van der Waals surface area contributed by atoms with E-state index in [1.165, 1.54) is 38.5 Å². The average molecular weight is 260 g/mol. The lowest BCUT2D eigenvalue weighted by atomic mass is 10.1. The zero-order valence-electron chi connectivity index (χ0n) is 11.8. The van der Waals surface area contributed by atoms with Gasteiger partial charge in [-0.15, -0.1) is 5.10 Å². The molecule has 0 aliphatic heterocycles. The molecule has 1 N–H and O–H groups in total. The molecular weight excluding hydrogens is 236 g/mol. The number of nitrogens with zero attached hydrogens (tertiary/aromatic N) is 3. The van der Waals surface area contributed by atoms with Crippen molar-refractivity contribution in [1.29, 1.82) is 0 Å². The van der Waals surface area contributed by atoms with Gasteiger partial charge in [-0.1, -0.05) is 56.4 Å². The molecule has 0 amide bonds. The number of benzene rings is 1. The van der Waals surface area contributed by atoms with E-state index in [1.807, 2.05) is 22.9 Å². The molecule has 2 rings (SSSR count). The molecule has 0 radical (unpaired) electrons. The summed E-state index contributed by atoms with van der Waals surface area (Å²) < 4.78 is 1.92. The number of hydrogen-bond donors (Lipinski definition) is 1. The van der Waals surface area contributed by atoms with Crippen LogP contribution >= 0.6 is 0 Å². The van der Waals surface area contributed by atoms with E-state index >= 15 is 0 Å². The molecule has 2 aromatic rings. The number of rotatable bonds is 9. The van der Waals surface area contributed by atoms with Crippen LogP contribution in [0.25, 0.3) is 11.0 Å². The summed E-state index contributed by atoms with van der Waals surface area (Å²) in [5, 5.41) is 11.7. The van der Waals surface area contributed by atoms with Crippen molar-refractivity contribution in [3.05, 3.63) is 24.3 Å². The maximum absolute atomic E-state index is 4.16. The SMILES string of the molecule is CCCCCCCCNCn1nnc2ccccc21. The Labute approximate surface area is 115 Å². The van der Waals surface area contributed by atoms with Crippen molar-refractivity contribution in [2.24, 2.45) is 0 Å². The molecule has 0 bridgehead atoms. The van der Waals surface area contributed by atoms with E-state index in [2.05, 4.69) is 28.6 Å². The zero-order chi connectivity index (χ0) is 13.3. The van der Waals surface area contributed by atoms with Crippen LogP contribution in [0.3, 0.4) is 0 Å². The smallest absolute Gasteiger partial charge is 0.113 e. The molecule has 1 heterocycles. The van der Waals surface area contributed by atoms with E-state index < -0.39 is 0 Å². The van der Waals surface area contributed by atoms with Crippen LogP contribution in [-0.2, 0) is 6.67 Å². The Bertz CT molecular complexity index is 478. The van der Waals surface area contributed by atoms with Gasteiger partial charge in [0, 0.05) is 0 Å². The first-order chi connectivity index (χ1) is 9.42. The van der Waals surface area contributed by atoms with Gasteiger partial charge in [0.1, 0.15) is 5.52 Å². The highest BCUT2D eigenvalue weighted by Gasteiger charge is 2.01. The fourth-order valence-electron chi connectivity index (χ4n) is 2.25. The van der Waals surface area contributed by atoms with E-state index in [0.29, 0.717) is 0 Å². The molecule has 4 heteroatoms. The quantitative estimate of drug-likeness (QED) is 0.703. The van der Waals surface area contributed by atoms with Gasteiger partial charge in [-0.25, -0.2) is 4.68 Å². The molecule has 0 aliphatic carbocycles. The minimum Gasteiger partial charge on any atom is -0.298 e. The van der Waals surface area contributed by atoms with Crippen molar-refractivity contribution in [1.82, 2.24) is 20.3 Å². The molecule has 0 saturated heterocycles. The van der Waals surface area contributed by atoms with Crippen LogP contribution in [0.4, 0.5) is 0 Å². The zero-order valence-corrected chi connectivity index (χ0v) is 11.8. The normalized spacial score (nSPS) is 11.2. The first kappa shape index (κ1) is 14.0. The van der Waals surface area contributed by atoms with Crippen LogP contribution in [0.2, 0.25) is 0 Å². The van der Waals surface area contributed by atoms with Gasteiger partial charge in [0.25, 0.3) is 0 Å². The van der Waals surface area contributed by atoms with Crippen LogP contribution in [0, 0.1) is 0 Å². The van der Waals surface area contributed by atoms with Crippen LogP contribution in [0.15, 0.2) is 24.3 Å². The number of unbranched alkanes of at least 4 members (excludes halogenated alkanes) is 5. The molecule has 1 aromatic heterocycles. The Morgan fingerprint density at radius 1 is 1.05 bits per heavy atom. The van der Waals surface area contributed by atoms with Crippen LogP contribution in [0.1, 0.15) is 45.4 Å². The summed E-state index contributed by atoms with van der Waals surface area (Å²) in [5.74, 6) is 0. The van der Waals surface area contributed by atoms with E-state index in [1.54, 1.807) is 0 Å². The average Bonchev–Trinajstić information content (AvgIpc) is 2.85. The highest BCUT2D eigenvalue weighted by Crippen LogP contribution is 2.08. The third-order valence-corrected chi connectivity index (χ3v) is 3.39. The number of nitrogens with one attached hydrogen (secondary N) is 1. The van der Waals surface area contributed by atoms with Crippen molar-refractivity contribution in [3.8, 4) is 0 Å². The number of aromatic nitrogens is 3. The van der Waals surface area contributed by atoms with Crippen molar-refractivity contribution in [2.45, 2.75) is 52.1 Å². The Kier molecular flexibility index (Phi) is 5.82. The van der Waals surface area contributed by atoms with Crippen molar-refractivity contribution in [2.75, 3.05) is 6.54 Å². The lowest BCUT2D eigenvalue weighted by Gasteiger charge is -2.05. The molecule has 1 aromatic carbocycles. The Balaban J connectivity index is 1.63. The standard InChI is InChI=1S/C15H24N4/c1-2-3-4-5-6-9-12-16-13-19-15-11-8-7-10-14(15)17-18-19/h7-8,10-11,16H,2-6,9,12-13H2,1H3. The number of fused-ring (bicyclic) bond motifs is 1. The maximum Gasteiger partial charge on any atom is 0.113 e. The van der Waals surface area contributed by atoms with Crippen molar-refractivity contribution >= 4 is 11.0 Å². The third kappa shape index (κ3) is 4.31. The third-order valence-electron chi connectivity index (χ3n) is 3.39. The molecule has 4 nitrogen and oxygen atoms in total.